The number of ether oxygens (including phenoxy) is 7. The van der Waals surface area contributed by atoms with Gasteiger partial charge in [0.05, 0.1) is 57.8 Å². The van der Waals surface area contributed by atoms with E-state index in [0.717, 1.165) is 34.4 Å². The van der Waals surface area contributed by atoms with Crippen molar-refractivity contribution in [1.29, 1.82) is 0 Å². The van der Waals surface area contributed by atoms with Crippen molar-refractivity contribution < 1.29 is 81.5 Å². The number of aliphatic carboxylic acids is 1. The number of carbonyl (C=O) groups is 8. The number of nitrogens with two attached hydrogens (primary N) is 1. The molecule has 3 atom stereocenters. The van der Waals surface area contributed by atoms with Crippen LogP contribution in [-0.2, 0) is 59.0 Å². The number of alkyl carbamates (subject to hydrolysis) is 1. The summed E-state index contributed by atoms with van der Waals surface area (Å²) in [6.07, 6.45) is -2.38. The Labute approximate surface area is 472 Å². The van der Waals surface area contributed by atoms with Gasteiger partial charge in [-0.3, -0.25) is 34.1 Å². The van der Waals surface area contributed by atoms with Gasteiger partial charge in [0, 0.05) is 49.7 Å². The number of nitro benzene ring substituents is 1. The number of urea groups is 1. The summed E-state index contributed by atoms with van der Waals surface area (Å²) in [7, 11) is 0. The van der Waals surface area contributed by atoms with Crippen LogP contribution >= 0.6 is 0 Å². The van der Waals surface area contributed by atoms with Gasteiger partial charge in [0.15, 0.2) is 0 Å². The van der Waals surface area contributed by atoms with E-state index in [-0.39, 0.29) is 109 Å². The molecule has 0 aromatic heterocycles. The molecule has 0 fully saturated rings. The molecule has 9 N–H and O–H groups in total. The molecule has 26 heteroatoms. The zero-order chi connectivity index (χ0) is 59.2. The Morgan fingerprint density at radius 3 is 1.80 bits per heavy atom. The van der Waals surface area contributed by atoms with Crippen molar-refractivity contribution >= 4 is 59.3 Å². The highest BCUT2D eigenvalue weighted by molar-refractivity contribution is 5.99. The number of carboxylic acids is 1. The van der Waals surface area contributed by atoms with Gasteiger partial charge in [0.25, 0.3) is 5.69 Å². The molecule has 0 aliphatic heterocycles. The van der Waals surface area contributed by atoms with Crippen molar-refractivity contribution in [3.63, 3.8) is 0 Å². The highest BCUT2D eigenvalue weighted by Crippen LogP contribution is 2.44. The standard InChI is InChI=1S/C56H70N8O18/c1-36(2)50(53(70)62-46(12-7-24-58-54(57)71)51(68)60-38-15-13-37(14-16-38)34-81-56(73)82-40-19-17-39(18-20-40)64(74)75)63-52(69)47(21-22-49(66)67)61-48(65)23-26-76-28-30-78-32-33-79-31-29-77-27-25-59-55(72)80-35-45-43-10-5-3-8-41(43)42-9-4-6-11-44(42)45/h3-6,8-11,13-20,36,45-47,50H,7,12,21-35H2,1-2H3,(H,59,72)(H,60,68)(H,61,65)(H,62,70)(H,63,69)(H,66,67)(H3,57,58,71)/t46-,47-,50-/m0/s1. The van der Waals surface area contributed by atoms with Crippen LogP contribution in [0.15, 0.2) is 97.1 Å². The highest BCUT2D eigenvalue weighted by atomic mass is 16.7. The number of nitrogens with zero attached hydrogens (tertiary/aromatic N) is 1. The van der Waals surface area contributed by atoms with Crippen molar-refractivity contribution in [1.82, 2.24) is 26.6 Å². The number of nitrogens with one attached hydrogen (secondary N) is 6. The fraction of sp³-hybridized carbons (Fsp3) is 0.429. The second-order valence-corrected chi connectivity index (χ2v) is 18.8. The van der Waals surface area contributed by atoms with E-state index in [9.17, 15) is 53.6 Å². The maximum atomic E-state index is 13.8. The Bertz CT molecular complexity index is 2720. The Morgan fingerprint density at radius 2 is 1.22 bits per heavy atom. The fourth-order valence-corrected chi connectivity index (χ4v) is 8.26. The van der Waals surface area contributed by atoms with Gasteiger partial charge in [0.2, 0.25) is 23.6 Å². The highest BCUT2D eigenvalue weighted by Gasteiger charge is 2.32. The summed E-state index contributed by atoms with van der Waals surface area (Å²) >= 11 is 0. The van der Waals surface area contributed by atoms with Crippen molar-refractivity contribution in [3.8, 4) is 16.9 Å². The van der Waals surface area contributed by atoms with E-state index >= 15 is 0 Å². The summed E-state index contributed by atoms with van der Waals surface area (Å²) in [4.78, 5) is 112. The molecule has 0 radical (unpaired) electrons. The van der Waals surface area contributed by atoms with E-state index in [4.69, 9.17) is 38.9 Å². The summed E-state index contributed by atoms with van der Waals surface area (Å²) in [5, 5.41) is 35.8. The first-order valence-corrected chi connectivity index (χ1v) is 26.5. The number of carboxylic acid groups (broad SMARTS) is 1. The van der Waals surface area contributed by atoms with Gasteiger partial charge in [-0.2, -0.15) is 0 Å². The monoisotopic (exact) mass is 1140 g/mol. The van der Waals surface area contributed by atoms with E-state index in [1.165, 1.54) is 24.3 Å². The SMILES string of the molecule is CC(C)[C@H](NC(=O)[C@H](CCC(=O)O)NC(=O)CCOCCOCCOCCOCCNC(=O)OCC1c2ccccc2-c2ccccc21)C(=O)N[C@@H](CCCNC(N)=O)C(=O)Nc1ccc(COC(=O)Oc2ccc([N+](=O)[O-])cc2)cc1. The van der Waals surface area contributed by atoms with Gasteiger partial charge in [-0.1, -0.05) is 74.5 Å². The lowest BCUT2D eigenvalue weighted by molar-refractivity contribution is -0.384. The molecule has 0 unspecified atom stereocenters. The Kier molecular flexibility index (Phi) is 26.9. The molecule has 0 spiro atoms. The fourth-order valence-electron chi connectivity index (χ4n) is 8.26. The molecule has 26 nitrogen and oxygen atoms in total. The number of non-ortho nitro benzene ring substituents is 1. The predicted molar refractivity (Wildman–Crippen MR) is 294 cm³/mol. The van der Waals surface area contributed by atoms with Crippen molar-refractivity contribution in [3.05, 3.63) is 124 Å². The quantitative estimate of drug-likeness (QED) is 0.0101. The maximum Gasteiger partial charge on any atom is 0.514 e. The first-order chi connectivity index (χ1) is 39.5. The van der Waals surface area contributed by atoms with Gasteiger partial charge < -0.3 is 75.9 Å². The summed E-state index contributed by atoms with van der Waals surface area (Å²) in [5.74, 6) is -4.69. The normalized spacial score (nSPS) is 12.6. The lowest BCUT2D eigenvalue weighted by atomic mass is 9.98. The Balaban J connectivity index is 0.959. The first-order valence-electron chi connectivity index (χ1n) is 26.5. The topological polar surface area (TPSA) is 363 Å². The Hall–Kier alpha value is -8.72. The minimum atomic E-state index is -1.36. The molecule has 5 rings (SSSR count). The van der Waals surface area contributed by atoms with Crippen LogP contribution in [0.25, 0.3) is 11.1 Å². The molecule has 0 saturated carbocycles. The first kappa shape index (κ1) is 64.1. The lowest BCUT2D eigenvalue weighted by Crippen LogP contribution is -2.58. The third kappa shape index (κ3) is 22.4. The molecule has 0 bridgehead atoms. The van der Waals surface area contributed by atoms with Crippen LogP contribution in [0.5, 0.6) is 5.75 Å². The second kappa shape index (κ2) is 34.4. The van der Waals surface area contributed by atoms with Crippen LogP contribution in [0.3, 0.4) is 0 Å². The number of anilines is 1. The molecule has 7 amide bonds. The van der Waals surface area contributed by atoms with E-state index in [1.807, 2.05) is 24.3 Å². The zero-order valence-electron chi connectivity index (χ0n) is 45.6. The number of fused-ring (bicyclic) bond motifs is 3. The van der Waals surface area contributed by atoms with E-state index in [2.05, 4.69) is 56.2 Å². The molecule has 1 aliphatic carbocycles. The van der Waals surface area contributed by atoms with Gasteiger partial charge in [-0.15, -0.1) is 0 Å². The van der Waals surface area contributed by atoms with Crippen molar-refractivity contribution in [2.75, 3.05) is 77.9 Å². The number of hydrogen-bond acceptors (Lipinski definition) is 17. The van der Waals surface area contributed by atoms with Gasteiger partial charge in [0.1, 0.15) is 37.1 Å². The Morgan fingerprint density at radius 1 is 0.634 bits per heavy atom. The molecule has 1 aliphatic rings. The average molecular weight is 1140 g/mol. The predicted octanol–water partition coefficient (Wildman–Crippen LogP) is 4.67. The minimum absolute atomic E-state index is 0.00640. The average Bonchev–Trinajstić information content (AvgIpc) is 3.23. The van der Waals surface area contributed by atoms with Gasteiger partial charge >= 0.3 is 24.2 Å². The molecule has 442 valence electrons. The number of carbonyl (C=O) groups excluding carboxylic acids is 7. The van der Waals surface area contributed by atoms with E-state index in [1.54, 1.807) is 26.0 Å². The minimum Gasteiger partial charge on any atom is -0.481 e. The van der Waals surface area contributed by atoms with Crippen molar-refractivity contribution in [2.24, 2.45) is 11.7 Å². The number of rotatable bonds is 36. The zero-order valence-corrected chi connectivity index (χ0v) is 45.6. The summed E-state index contributed by atoms with van der Waals surface area (Å²) in [5.41, 5.74) is 10.4. The third-order valence-electron chi connectivity index (χ3n) is 12.4. The molecule has 0 heterocycles. The van der Waals surface area contributed by atoms with Crippen LogP contribution in [0.4, 0.5) is 25.8 Å². The van der Waals surface area contributed by atoms with Crippen LogP contribution in [0.2, 0.25) is 0 Å². The summed E-state index contributed by atoms with van der Waals surface area (Å²) < 4.78 is 37.7. The number of hydrogen-bond donors (Lipinski definition) is 8. The largest absolute Gasteiger partial charge is 0.514 e. The molecular weight excluding hydrogens is 1070 g/mol. The number of primary amides is 1. The van der Waals surface area contributed by atoms with Crippen LogP contribution in [0.1, 0.15) is 68.6 Å². The molecule has 82 heavy (non-hydrogen) atoms. The van der Waals surface area contributed by atoms with Crippen molar-refractivity contribution in [2.45, 2.75) is 76.6 Å². The van der Waals surface area contributed by atoms with Gasteiger partial charge in [-0.25, -0.2) is 14.4 Å². The lowest BCUT2D eigenvalue weighted by Gasteiger charge is -2.27. The molecule has 4 aromatic rings. The van der Waals surface area contributed by atoms with Gasteiger partial charge in [-0.05, 0) is 77.3 Å². The number of nitro groups is 1. The third-order valence-corrected chi connectivity index (χ3v) is 12.4. The second-order valence-electron chi connectivity index (χ2n) is 18.8. The number of amides is 7. The van der Waals surface area contributed by atoms with E-state index < -0.39 is 83.3 Å². The number of benzene rings is 4. The summed E-state index contributed by atoms with van der Waals surface area (Å²) in [6, 6.07) is 22.5. The summed E-state index contributed by atoms with van der Waals surface area (Å²) in [6.45, 7) is 5.27. The molecule has 0 saturated heterocycles. The van der Waals surface area contributed by atoms with E-state index in [0.29, 0.717) is 24.5 Å². The molecular formula is C56H70N8O18. The van der Waals surface area contributed by atoms with Crippen LogP contribution < -0.4 is 42.4 Å². The molecule has 4 aromatic carbocycles. The smallest absolute Gasteiger partial charge is 0.481 e. The van der Waals surface area contributed by atoms with Crippen LogP contribution in [-0.4, -0.2) is 149 Å². The maximum absolute atomic E-state index is 13.8. The van der Waals surface area contributed by atoms with Crippen LogP contribution in [0, 0.1) is 16.0 Å².